The summed E-state index contributed by atoms with van der Waals surface area (Å²) in [5.41, 5.74) is 8.02. The number of Topliss-reactive ketones (excluding diaryl/α,β-unsaturated/α-hetero) is 1. The lowest BCUT2D eigenvalue weighted by molar-refractivity contribution is -0.111. The maximum absolute atomic E-state index is 11.8. The molecule has 2 rings (SSSR count). The highest BCUT2D eigenvalue weighted by Crippen LogP contribution is 2.26. The van der Waals surface area contributed by atoms with E-state index < -0.39 is 5.97 Å². The van der Waals surface area contributed by atoms with Gasteiger partial charge in [-0.3, -0.25) is 15.6 Å². The topological polar surface area (TPSA) is 79.8 Å². The molecule has 2 aromatic rings. The molecule has 120 valence electrons. The second-order valence-corrected chi connectivity index (χ2v) is 5.68. The Morgan fingerprint density at radius 2 is 1.87 bits per heavy atom. The number of aryl methyl sites for hydroxylation is 1. The van der Waals surface area contributed by atoms with Crippen LogP contribution in [0, 0.1) is 6.92 Å². The quantitative estimate of drug-likeness (QED) is 0.381. The molecule has 0 bridgehead atoms. The van der Waals surface area contributed by atoms with Crippen LogP contribution in [0.1, 0.15) is 22.2 Å². The second-order valence-electron chi connectivity index (χ2n) is 4.76. The standard InChI is InChI=1S/C16H17N3O3S/c1-10-4-6-12(7-5-10)18-19-15(11(2)20)17-13-8-9-23-14(13)16(21)22-3/h4-9,18H,1-3H3,(H,17,19). The Morgan fingerprint density at radius 3 is 2.48 bits per heavy atom. The molecule has 0 aliphatic carbocycles. The van der Waals surface area contributed by atoms with E-state index in [9.17, 15) is 9.59 Å². The van der Waals surface area contributed by atoms with Crippen LogP contribution in [0.25, 0.3) is 0 Å². The maximum Gasteiger partial charge on any atom is 0.350 e. The average Bonchev–Trinajstić information content (AvgIpc) is 3.00. The average molecular weight is 331 g/mol. The largest absolute Gasteiger partial charge is 0.465 e. The number of carbonyl (C=O) groups excluding carboxylic acids is 2. The molecule has 0 fully saturated rings. The first-order chi connectivity index (χ1) is 11.0. The molecule has 23 heavy (non-hydrogen) atoms. The van der Waals surface area contributed by atoms with E-state index in [2.05, 4.69) is 15.8 Å². The summed E-state index contributed by atoms with van der Waals surface area (Å²) in [4.78, 5) is 28.0. The van der Waals surface area contributed by atoms with Crippen molar-refractivity contribution in [1.82, 2.24) is 5.43 Å². The zero-order valence-corrected chi connectivity index (χ0v) is 13.9. The van der Waals surface area contributed by atoms with Gasteiger partial charge in [-0.05, 0) is 30.5 Å². The number of ether oxygens (including phenoxy) is 1. The SMILES string of the molecule is COC(=O)c1sccc1N=C(NNc1ccc(C)cc1)C(C)=O. The Morgan fingerprint density at radius 1 is 1.17 bits per heavy atom. The van der Waals surface area contributed by atoms with Crippen molar-refractivity contribution in [3.63, 3.8) is 0 Å². The van der Waals surface area contributed by atoms with E-state index in [0.717, 1.165) is 11.3 Å². The fourth-order valence-electron chi connectivity index (χ4n) is 1.72. The smallest absolute Gasteiger partial charge is 0.350 e. The number of anilines is 1. The number of amidine groups is 1. The van der Waals surface area contributed by atoms with Gasteiger partial charge in [0, 0.05) is 6.92 Å². The molecular weight excluding hydrogens is 314 g/mol. The molecule has 1 aromatic heterocycles. The molecule has 0 aliphatic heterocycles. The summed E-state index contributed by atoms with van der Waals surface area (Å²) in [5, 5.41) is 1.72. The van der Waals surface area contributed by atoms with Crippen LogP contribution in [0.5, 0.6) is 0 Å². The summed E-state index contributed by atoms with van der Waals surface area (Å²) >= 11 is 1.21. The summed E-state index contributed by atoms with van der Waals surface area (Å²) in [6.07, 6.45) is 0. The number of nitrogens with one attached hydrogen (secondary N) is 2. The molecule has 6 nitrogen and oxygen atoms in total. The molecule has 0 spiro atoms. The van der Waals surface area contributed by atoms with Crippen molar-refractivity contribution >= 4 is 40.3 Å². The summed E-state index contributed by atoms with van der Waals surface area (Å²) in [7, 11) is 1.30. The molecule has 0 atom stereocenters. The van der Waals surface area contributed by atoms with Crippen LogP contribution in [0.15, 0.2) is 40.7 Å². The lowest BCUT2D eigenvalue weighted by Crippen LogP contribution is -2.34. The minimum Gasteiger partial charge on any atom is -0.465 e. The van der Waals surface area contributed by atoms with Crippen molar-refractivity contribution in [1.29, 1.82) is 0 Å². The third kappa shape index (κ3) is 4.40. The van der Waals surface area contributed by atoms with Crippen molar-refractivity contribution < 1.29 is 14.3 Å². The number of aliphatic imine (C=N–C) groups is 1. The van der Waals surface area contributed by atoms with Crippen LogP contribution < -0.4 is 10.9 Å². The first kappa shape index (κ1) is 16.7. The van der Waals surface area contributed by atoms with E-state index in [0.29, 0.717) is 10.6 Å². The summed E-state index contributed by atoms with van der Waals surface area (Å²) in [5.74, 6) is -0.631. The van der Waals surface area contributed by atoms with Gasteiger partial charge < -0.3 is 4.74 Å². The van der Waals surface area contributed by atoms with Gasteiger partial charge in [-0.2, -0.15) is 0 Å². The number of hydrogen-bond acceptors (Lipinski definition) is 6. The van der Waals surface area contributed by atoms with Gasteiger partial charge >= 0.3 is 5.97 Å². The van der Waals surface area contributed by atoms with Crippen molar-refractivity contribution in [3.8, 4) is 0 Å². The lowest BCUT2D eigenvalue weighted by atomic mass is 10.2. The highest BCUT2D eigenvalue weighted by Gasteiger charge is 2.15. The van der Waals surface area contributed by atoms with Crippen LogP contribution in [0.2, 0.25) is 0 Å². The van der Waals surface area contributed by atoms with Gasteiger partial charge in [0.2, 0.25) is 0 Å². The second kappa shape index (κ2) is 7.55. The fraction of sp³-hybridized carbons (Fsp3) is 0.188. The van der Waals surface area contributed by atoms with Gasteiger partial charge in [0.1, 0.15) is 4.88 Å². The Bertz CT molecular complexity index is 735. The zero-order chi connectivity index (χ0) is 16.8. The molecule has 1 aromatic carbocycles. The molecule has 1 heterocycles. The molecular formula is C16H17N3O3S. The van der Waals surface area contributed by atoms with Crippen molar-refractivity contribution in [2.24, 2.45) is 4.99 Å². The number of esters is 1. The van der Waals surface area contributed by atoms with Crippen LogP contribution >= 0.6 is 11.3 Å². The van der Waals surface area contributed by atoms with E-state index in [1.54, 1.807) is 11.4 Å². The Hall–Kier alpha value is -2.67. The van der Waals surface area contributed by atoms with Crippen LogP contribution in [0.4, 0.5) is 11.4 Å². The molecule has 2 N–H and O–H groups in total. The Labute approximate surface area is 138 Å². The van der Waals surface area contributed by atoms with Gasteiger partial charge in [0.05, 0.1) is 18.5 Å². The normalized spacial score (nSPS) is 11.0. The first-order valence-corrected chi connectivity index (χ1v) is 7.73. The van der Waals surface area contributed by atoms with Crippen molar-refractivity contribution in [2.45, 2.75) is 13.8 Å². The predicted molar refractivity (Wildman–Crippen MR) is 91.4 cm³/mol. The number of hydrazine groups is 1. The highest BCUT2D eigenvalue weighted by atomic mass is 32.1. The predicted octanol–water partition coefficient (Wildman–Crippen LogP) is 3.08. The number of carbonyl (C=O) groups is 2. The van der Waals surface area contributed by atoms with Crippen LogP contribution in [-0.4, -0.2) is 24.7 Å². The van der Waals surface area contributed by atoms with Crippen molar-refractivity contribution in [2.75, 3.05) is 12.5 Å². The summed E-state index contributed by atoms with van der Waals surface area (Å²) in [6.45, 7) is 3.39. The van der Waals surface area contributed by atoms with Gasteiger partial charge in [-0.1, -0.05) is 17.7 Å². The Balaban J connectivity index is 2.18. The number of nitrogens with zero attached hydrogens (tertiary/aromatic N) is 1. The number of benzene rings is 1. The molecule has 7 heteroatoms. The maximum atomic E-state index is 11.8. The van der Waals surface area contributed by atoms with E-state index in [4.69, 9.17) is 4.74 Å². The third-order valence-corrected chi connectivity index (χ3v) is 3.84. The number of rotatable bonds is 5. The summed E-state index contributed by atoms with van der Waals surface area (Å²) < 4.78 is 4.70. The van der Waals surface area contributed by atoms with Gasteiger partial charge in [0.25, 0.3) is 0 Å². The van der Waals surface area contributed by atoms with E-state index in [-0.39, 0.29) is 11.6 Å². The third-order valence-electron chi connectivity index (χ3n) is 2.96. The van der Waals surface area contributed by atoms with Gasteiger partial charge in [0.15, 0.2) is 11.6 Å². The van der Waals surface area contributed by atoms with E-state index in [1.807, 2.05) is 31.2 Å². The van der Waals surface area contributed by atoms with Gasteiger partial charge in [-0.25, -0.2) is 9.79 Å². The minimum atomic E-state index is -0.479. The highest BCUT2D eigenvalue weighted by molar-refractivity contribution is 7.12. The van der Waals surface area contributed by atoms with E-state index in [1.165, 1.54) is 25.4 Å². The molecule has 0 radical (unpaired) electrons. The van der Waals surface area contributed by atoms with Crippen molar-refractivity contribution in [3.05, 3.63) is 46.2 Å². The monoisotopic (exact) mass is 331 g/mol. The van der Waals surface area contributed by atoms with Crippen LogP contribution in [0.3, 0.4) is 0 Å². The minimum absolute atomic E-state index is 0.106. The number of ketones is 1. The number of hydrogen-bond donors (Lipinski definition) is 2. The summed E-state index contributed by atoms with van der Waals surface area (Å²) in [6, 6.07) is 9.31. The fourth-order valence-corrected chi connectivity index (χ4v) is 2.47. The number of thiophene rings is 1. The molecule has 0 amide bonds. The zero-order valence-electron chi connectivity index (χ0n) is 13.0. The number of methoxy groups -OCH3 is 1. The molecule has 0 unspecified atom stereocenters. The molecule has 0 saturated heterocycles. The Kier molecular flexibility index (Phi) is 5.48. The van der Waals surface area contributed by atoms with Gasteiger partial charge in [-0.15, -0.1) is 11.3 Å². The van der Waals surface area contributed by atoms with E-state index >= 15 is 0 Å². The molecule has 0 saturated carbocycles. The van der Waals surface area contributed by atoms with Crippen LogP contribution in [-0.2, 0) is 9.53 Å². The first-order valence-electron chi connectivity index (χ1n) is 6.85. The lowest BCUT2D eigenvalue weighted by Gasteiger charge is -2.10. The molecule has 0 aliphatic rings.